The molecule has 6 nitrogen and oxygen atoms in total. The summed E-state index contributed by atoms with van der Waals surface area (Å²) in [6, 6.07) is 7.32. The highest BCUT2D eigenvalue weighted by atomic mass is 16.8. The van der Waals surface area contributed by atoms with Gasteiger partial charge in [-0.1, -0.05) is 6.07 Å². The molecule has 0 aliphatic rings. The van der Waals surface area contributed by atoms with Crippen molar-refractivity contribution in [2.45, 2.75) is 53.1 Å². The fraction of sp³-hybridized carbons (Fsp3) is 0.667. The van der Waals surface area contributed by atoms with E-state index in [1.165, 1.54) is 0 Å². The predicted octanol–water partition coefficient (Wildman–Crippen LogP) is 3.94. The number of hydrogen-bond acceptors (Lipinski definition) is 6. The normalized spacial score (nSPS) is 12.2. The zero-order valence-corrected chi connectivity index (χ0v) is 15.6. The summed E-state index contributed by atoms with van der Waals surface area (Å²) in [4.78, 5) is 0. The maximum Gasteiger partial charge on any atom is 0.207 e. The minimum absolute atomic E-state index is 0.179. The molecule has 0 saturated carbocycles. The van der Waals surface area contributed by atoms with Gasteiger partial charge in [0.1, 0.15) is 11.5 Å². The van der Waals surface area contributed by atoms with Gasteiger partial charge in [0.2, 0.25) is 11.6 Å². The van der Waals surface area contributed by atoms with Gasteiger partial charge in [-0.05, 0) is 26.0 Å². The fourth-order valence-electron chi connectivity index (χ4n) is 1.76. The first-order valence-corrected chi connectivity index (χ1v) is 8.19. The summed E-state index contributed by atoms with van der Waals surface area (Å²) in [5.74, 6) is -0.354. The molecule has 24 heavy (non-hydrogen) atoms. The van der Waals surface area contributed by atoms with Crippen LogP contribution in [0.3, 0.4) is 0 Å². The van der Waals surface area contributed by atoms with Crippen LogP contribution >= 0.6 is 0 Å². The van der Waals surface area contributed by atoms with Crippen molar-refractivity contribution in [3.8, 4) is 11.5 Å². The molecular formula is C18H30O6. The highest BCUT2D eigenvalue weighted by Crippen LogP contribution is 2.27. The van der Waals surface area contributed by atoms with Crippen molar-refractivity contribution < 1.29 is 28.4 Å². The predicted molar refractivity (Wildman–Crippen MR) is 91.0 cm³/mol. The first-order chi connectivity index (χ1) is 11.3. The molecule has 1 rings (SSSR count). The Labute approximate surface area is 144 Å². The van der Waals surface area contributed by atoms with E-state index >= 15 is 0 Å². The van der Waals surface area contributed by atoms with Crippen LogP contribution in [0.5, 0.6) is 11.5 Å². The molecule has 0 amide bonds. The first kappa shape index (κ1) is 20.7. The van der Waals surface area contributed by atoms with E-state index in [9.17, 15) is 0 Å². The lowest BCUT2D eigenvalue weighted by Crippen LogP contribution is -2.33. The second-order valence-electron chi connectivity index (χ2n) is 5.99. The quantitative estimate of drug-likeness (QED) is 0.424. The molecular weight excluding hydrogens is 312 g/mol. The van der Waals surface area contributed by atoms with Crippen LogP contribution in [0.4, 0.5) is 0 Å². The first-order valence-electron chi connectivity index (χ1n) is 8.19. The number of ether oxygens (including phenoxy) is 6. The van der Waals surface area contributed by atoms with Crippen molar-refractivity contribution in [1.82, 2.24) is 0 Å². The largest absolute Gasteiger partial charge is 0.463 e. The molecule has 0 heterocycles. The second kappa shape index (κ2) is 9.84. The van der Waals surface area contributed by atoms with Crippen molar-refractivity contribution in [3.63, 3.8) is 0 Å². The lowest BCUT2D eigenvalue weighted by Gasteiger charge is -2.28. The lowest BCUT2D eigenvalue weighted by atomic mass is 10.3. The van der Waals surface area contributed by atoms with E-state index in [0.717, 1.165) is 0 Å². The molecule has 0 N–H and O–H groups in total. The summed E-state index contributed by atoms with van der Waals surface area (Å²) in [7, 11) is 0. The van der Waals surface area contributed by atoms with Crippen molar-refractivity contribution in [2.24, 2.45) is 0 Å². The average Bonchev–Trinajstić information content (AvgIpc) is 2.46. The van der Waals surface area contributed by atoms with E-state index in [1.807, 2.05) is 59.7 Å². The standard InChI is InChI=1S/C18H30O6/c1-7-19-13-21-17(3,4)23-15-10-9-11-16(12-15)24-18(5,6)22-14-20-8-2/h9-12H,7-8,13-14H2,1-6H3. The number of hydrogen-bond donors (Lipinski definition) is 0. The third-order valence-corrected chi connectivity index (χ3v) is 2.92. The zero-order chi connectivity index (χ0) is 18.1. The Morgan fingerprint density at radius 1 is 0.750 bits per heavy atom. The maximum absolute atomic E-state index is 5.85. The molecule has 0 spiro atoms. The van der Waals surface area contributed by atoms with Gasteiger partial charge in [0.05, 0.1) is 0 Å². The van der Waals surface area contributed by atoms with E-state index in [2.05, 4.69) is 0 Å². The number of benzene rings is 1. The van der Waals surface area contributed by atoms with Crippen molar-refractivity contribution in [3.05, 3.63) is 24.3 Å². The summed E-state index contributed by atoms with van der Waals surface area (Å²) in [5.41, 5.74) is 0. The molecule has 0 aliphatic carbocycles. The van der Waals surface area contributed by atoms with Gasteiger partial charge in [-0.2, -0.15) is 0 Å². The highest BCUT2D eigenvalue weighted by molar-refractivity contribution is 5.33. The Balaban J connectivity index is 2.62. The second-order valence-corrected chi connectivity index (χ2v) is 5.99. The Morgan fingerprint density at radius 2 is 1.17 bits per heavy atom. The van der Waals surface area contributed by atoms with Gasteiger partial charge in [-0.15, -0.1) is 0 Å². The highest BCUT2D eigenvalue weighted by Gasteiger charge is 2.23. The van der Waals surface area contributed by atoms with Gasteiger partial charge in [-0.25, -0.2) is 0 Å². The van der Waals surface area contributed by atoms with E-state index < -0.39 is 11.6 Å². The molecule has 1 aromatic rings. The van der Waals surface area contributed by atoms with Gasteiger partial charge in [0, 0.05) is 47.0 Å². The van der Waals surface area contributed by atoms with E-state index in [4.69, 9.17) is 28.4 Å². The monoisotopic (exact) mass is 342 g/mol. The number of rotatable bonds is 12. The van der Waals surface area contributed by atoms with Crippen LogP contribution in [0.1, 0.15) is 41.5 Å². The van der Waals surface area contributed by atoms with Crippen LogP contribution in [0.15, 0.2) is 24.3 Å². The van der Waals surface area contributed by atoms with Gasteiger partial charge in [0.15, 0.2) is 13.6 Å². The molecule has 1 aromatic carbocycles. The molecule has 0 fully saturated rings. The van der Waals surface area contributed by atoms with Crippen LogP contribution in [0.2, 0.25) is 0 Å². The zero-order valence-electron chi connectivity index (χ0n) is 15.6. The molecule has 0 atom stereocenters. The van der Waals surface area contributed by atoms with Crippen LogP contribution in [0.25, 0.3) is 0 Å². The van der Waals surface area contributed by atoms with Crippen LogP contribution in [0, 0.1) is 0 Å². The maximum atomic E-state index is 5.85. The summed E-state index contributed by atoms with van der Waals surface area (Å²) in [5, 5.41) is 0. The Kier molecular flexibility index (Phi) is 8.48. The van der Waals surface area contributed by atoms with Gasteiger partial charge in [0.25, 0.3) is 0 Å². The molecule has 0 aromatic heterocycles. The third-order valence-electron chi connectivity index (χ3n) is 2.92. The minimum atomic E-state index is -0.811. The summed E-state index contributed by atoms with van der Waals surface area (Å²) < 4.78 is 33.2. The molecule has 0 saturated heterocycles. The van der Waals surface area contributed by atoms with Crippen LogP contribution in [-0.2, 0) is 18.9 Å². The average molecular weight is 342 g/mol. The summed E-state index contributed by atoms with van der Waals surface area (Å²) >= 11 is 0. The molecule has 0 aliphatic heterocycles. The minimum Gasteiger partial charge on any atom is -0.463 e. The smallest absolute Gasteiger partial charge is 0.207 e. The third kappa shape index (κ3) is 8.49. The van der Waals surface area contributed by atoms with Crippen molar-refractivity contribution in [2.75, 3.05) is 26.8 Å². The fourth-order valence-corrected chi connectivity index (χ4v) is 1.76. The SMILES string of the molecule is CCOCOC(C)(C)Oc1cccc(OC(C)(C)OCOCC)c1. The summed E-state index contributed by atoms with van der Waals surface area (Å²) in [6.45, 7) is 12.7. The molecule has 138 valence electrons. The lowest BCUT2D eigenvalue weighted by molar-refractivity contribution is -0.212. The van der Waals surface area contributed by atoms with E-state index in [1.54, 1.807) is 6.07 Å². The van der Waals surface area contributed by atoms with Crippen molar-refractivity contribution >= 4 is 0 Å². The Hall–Kier alpha value is -1.34. The van der Waals surface area contributed by atoms with Crippen molar-refractivity contribution in [1.29, 1.82) is 0 Å². The Bertz CT molecular complexity index is 433. The van der Waals surface area contributed by atoms with Gasteiger partial charge in [-0.3, -0.25) is 0 Å². The topological polar surface area (TPSA) is 55.4 Å². The van der Waals surface area contributed by atoms with Crippen LogP contribution < -0.4 is 9.47 Å². The Morgan fingerprint density at radius 3 is 1.54 bits per heavy atom. The summed E-state index contributed by atoms with van der Waals surface area (Å²) in [6.07, 6.45) is 0. The van der Waals surface area contributed by atoms with E-state index in [0.29, 0.717) is 24.7 Å². The van der Waals surface area contributed by atoms with Gasteiger partial charge >= 0.3 is 0 Å². The molecule has 6 heteroatoms. The molecule has 0 radical (unpaired) electrons. The van der Waals surface area contributed by atoms with E-state index in [-0.39, 0.29) is 13.6 Å². The molecule has 0 unspecified atom stereocenters. The molecule has 0 bridgehead atoms. The van der Waals surface area contributed by atoms with Crippen LogP contribution in [-0.4, -0.2) is 38.4 Å². The van der Waals surface area contributed by atoms with Gasteiger partial charge < -0.3 is 28.4 Å².